The number of nitrogens with zero attached hydrogens (tertiary/aromatic N) is 3. The maximum atomic E-state index is 6.10. The molecule has 2 unspecified atom stereocenters. The van der Waals surface area contributed by atoms with Crippen LogP contribution in [0.15, 0.2) is 33.7 Å². The van der Waals surface area contributed by atoms with Gasteiger partial charge in [-0.1, -0.05) is 12.1 Å². The highest BCUT2D eigenvalue weighted by atomic mass is 127. The molecule has 2 N–H and O–H groups in total. The second kappa shape index (κ2) is 11.0. The fourth-order valence-electron chi connectivity index (χ4n) is 3.55. The largest absolute Gasteiger partial charge is 0.490 e. The van der Waals surface area contributed by atoms with Crippen molar-refractivity contribution in [2.24, 2.45) is 4.99 Å². The first-order valence-electron chi connectivity index (χ1n) is 10.0. The maximum absolute atomic E-state index is 6.10. The summed E-state index contributed by atoms with van der Waals surface area (Å²) >= 11 is 0. The van der Waals surface area contributed by atoms with Crippen LogP contribution in [0.2, 0.25) is 0 Å². The minimum atomic E-state index is -0.0140. The average Bonchev–Trinajstić information content (AvgIpc) is 3.13. The lowest BCUT2D eigenvalue weighted by Gasteiger charge is -2.38. The molecule has 29 heavy (non-hydrogen) atoms. The fraction of sp³-hybridized carbons (Fsp3) is 0.571. The van der Waals surface area contributed by atoms with E-state index in [4.69, 9.17) is 9.15 Å². The minimum Gasteiger partial charge on any atom is -0.490 e. The summed E-state index contributed by atoms with van der Waals surface area (Å²) in [5, 5.41) is 7.94. The third kappa shape index (κ3) is 5.99. The summed E-state index contributed by atoms with van der Waals surface area (Å²) in [6, 6.07) is 8.48. The number of guanidine groups is 1. The number of piperazine rings is 1. The van der Waals surface area contributed by atoms with Gasteiger partial charge < -0.3 is 24.7 Å². The van der Waals surface area contributed by atoms with Gasteiger partial charge in [0.15, 0.2) is 17.3 Å². The molecule has 1 aromatic carbocycles. The lowest BCUT2D eigenvalue weighted by molar-refractivity contribution is 0.116. The van der Waals surface area contributed by atoms with Crippen LogP contribution in [0.1, 0.15) is 25.6 Å². The highest BCUT2D eigenvalue weighted by Crippen LogP contribution is 2.31. The van der Waals surface area contributed by atoms with Crippen molar-refractivity contribution in [3.63, 3.8) is 0 Å². The van der Waals surface area contributed by atoms with E-state index in [9.17, 15) is 0 Å². The van der Waals surface area contributed by atoms with E-state index in [0.717, 1.165) is 54.6 Å². The van der Waals surface area contributed by atoms with E-state index in [0.29, 0.717) is 12.6 Å². The molecule has 0 aliphatic carbocycles. The number of hydrogen-bond donors (Lipinski definition) is 2. The van der Waals surface area contributed by atoms with Crippen molar-refractivity contribution in [3.05, 3.63) is 30.0 Å². The molecule has 2 heterocycles. The second-order valence-electron chi connectivity index (χ2n) is 7.47. The van der Waals surface area contributed by atoms with Gasteiger partial charge in [-0.05, 0) is 40.1 Å². The standard InChI is InChI=1S/C21H33N5O2.HI/c1-6-27-18-9-7-8-16-12-19(28-20(16)18)15(2)24-21(22-3)23-13-17-14-25(4)10-11-26(17)5;/h7-9,12,15,17H,6,10-11,13-14H2,1-5H3,(H2,22,23,24);1H. The van der Waals surface area contributed by atoms with Crippen molar-refractivity contribution >= 4 is 40.9 Å². The highest BCUT2D eigenvalue weighted by molar-refractivity contribution is 14.0. The van der Waals surface area contributed by atoms with Crippen molar-refractivity contribution in [2.75, 3.05) is 53.9 Å². The highest BCUT2D eigenvalue weighted by Gasteiger charge is 2.22. The number of aliphatic imine (C=N–C) groups is 1. The predicted molar refractivity (Wildman–Crippen MR) is 130 cm³/mol. The van der Waals surface area contributed by atoms with E-state index in [1.807, 2.05) is 25.1 Å². The smallest absolute Gasteiger partial charge is 0.191 e. The van der Waals surface area contributed by atoms with Crippen LogP contribution in [-0.2, 0) is 0 Å². The summed E-state index contributed by atoms with van der Waals surface area (Å²) in [7, 11) is 6.15. The third-order valence-corrected chi connectivity index (χ3v) is 5.32. The lowest BCUT2D eigenvalue weighted by atomic mass is 10.2. The molecule has 0 bridgehead atoms. The Hall–Kier alpha value is -1.52. The summed E-state index contributed by atoms with van der Waals surface area (Å²) in [6.07, 6.45) is 0. The van der Waals surface area contributed by atoms with Crippen molar-refractivity contribution in [3.8, 4) is 5.75 Å². The van der Waals surface area contributed by atoms with Gasteiger partial charge in [-0.3, -0.25) is 9.89 Å². The molecule has 0 spiro atoms. The number of rotatable bonds is 6. The Morgan fingerprint density at radius 2 is 2.14 bits per heavy atom. The van der Waals surface area contributed by atoms with Crippen LogP contribution in [0.3, 0.4) is 0 Å². The fourth-order valence-corrected chi connectivity index (χ4v) is 3.55. The van der Waals surface area contributed by atoms with Crippen molar-refractivity contribution < 1.29 is 9.15 Å². The van der Waals surface area contributed by atoms with E-state index < -0.39 is 0 Å². The zero-order chi connectivity index (χ0) is 20.1. The molecule has 2 aromatic rings. The second-order valence-corrected chi connectivity index (χ2v) is 7.47. The number of para-hydroxylation sites is 1. The number of benzene rings is 1. The zero-order valence-corrected chi connectivity index (χ0v) is 20.4. The summed E-state index contributed by atoms with van der Waals surface area (Å²) in [4.78, 5) is 9.15. The molecule has 3 rings (SSSR count). The van der Waals surface area contributed by atoms with Gasteiger partial charge >= 0.3 is 0 Å². The zero-order valence-electron chi connectivity index (χ0n) is 18.1. The molecule has 8 heteroatoms. The summed E-state index contributed by atoms with van der Waals surface area (Å²) in [5.41, 5.74) is 0.794. The van der Waals surface area contributed by atoms with Gasteiger partial charge in [-0.15, -0.1) is 24.0 Å². The lowest BCUT2D eigenvalue weighted by Crippen LogP contribution is -2.55. The van der Waals surface area contributed by atoms with Gasteiger partial charge in [-0.2, -0.15) is 0 Å². The number of furan rings is 1. The molecule has 1 saturated heterocycles. The Kier molecular flexibility index (Phi) is 9.04. The molecule has 1 aliphatic rings. The molecule has 1 aliphatic heterocycles. The molecule has 1 fully saturated rings. The van der Waals surface area contributed by atoms with E-state index in [2.05, 4.69) is 52.5 Å². The van der Waals surface area contributed by atoms with Gasteiger partial charge in [0.05, 0.1) is 12.6 Å². The first-order valence-corrected chi connectivity index (χ1v) is 10.0. The number of nitrogens with one attached hydrogen (secondary N) is 2. The average molecular weight is 515 g/mol. The van der Waals surface area contributed by atoms with Crippen LogP contribution in [0.4, 0.5) is 0 Å². The van der Waals surface area contributed by atoms with Crippen molar-refractivity contribution in [1.29, 1.82) is 0 Å². The number of ether oxygens (including phenoxy) is 1. The molecule has 7 nitrogen and oxygen atoms in total. The number of halogens is 1. The van der Waals surface area contributed by atoms with Gasteiger partial charge in [0.25, 0.3) is 0 Å². The molecular formula is C21H34IN5O2. The number of fused-ring (bicyclic) bond motifs is 1. The van der Waals surface area contributed by atoms with Crippen LogP contribution in [-0.4, -0.2) is 75.7 Å². The van der Waals surface area contributed by atoms with E-state index >= 15 is 0 Å². The van der Waals surface area contributed by atoms with Crippen molar-refractivity contribution in [2.45, 2.75) is 25.9 Å². The molecule has 1 aromatic heterocycles. The van der Waals surface area contributed by atoms with Crippen LogP contribution < -0.4 is 15.4 Å². The summed E-state index contributed by atoms with van der Waals surface area (Å²) in [6.45, 7) is 8.78. The number of likely N-dealkylation sites (N-methyl/N-ethyl adjacent to an activating group) is 2. The Bertz CT molecular complexity index is 809. The number of hydrogen-bond acceptors (Lipinski definition) is 5. The molecule has 2 atom stereocenters. The monoisotopic (exact) mass is 515 g/mol. The normalized spacial score (nSPS) is 19.6. The summed E-state index contributed by atoms with van der Waals surface area (Å²) < 4.78 is 11.8. The Morgan fingerprint density at radius 1 is 1.34 bits per heavy atom. The van der Waals surface area contributed by atoms with Crippen LogP contribution in [0, 0.1) is 0 Å². The molecule has 0 amide bonds. The van der Waals surface area contributed by atoms with E-state index in [-0.39, 0.29) is 30.0 Å². The first kappa shape index (κ1) is 23.8. The first-order chi connectivity index (χ1) is 13.5. The van der Waals surface area contributed by atoms with E-state index in [1.165, 1.54) is 0 Å². The predicted octanol–water partition coefficient (Wildman–Crippen LogP) is 2.92. The molecule has 162 valence electrons. The Balaban J connectivity index is 0.00000300. The topological polar surface area (TPSA) is 65.3 Å². The summed E-state index contributed by atoms with van der Waals surface area (Å²) in [5.74, 6) is 2.42. The minimum absolute atomic E-state index is 0. The Labute approximate surface area is 190 Å². The van der Waals surface area contributed by atoms with Gasteiger partial charge in [-0.25, -0.2) is 0 Å². The quantitative estimate of drug-likeness (QED) is 0.351. The van der Waals surface area contributed by atoms with Gasteiger partial charge in [0.1, 0.15) is 5.76 Å². The van der Waals surface area contributed by atoms with Crippen LogP contribution in [0.5, 0.6) is 5.75 Å². The third-order valence-electron chi connectivity index (χ3n) is 5.32. The van der Waals surface area contributed by atoms with E-state index in [1.54, 1.807) is 7.05 Å². The molecular weight excluding hydrogens is 481 g/mol. The SMILES string of the molecule is CCOc1cccc2cc(C(C)NC(=NC)NCC3CN(C)CCN3C)oc12.I. The van der Waals surface area contributed by atoms with Crippen LogP contribution >= 0.6 is 24.0 Å². The Morgan fingerprint density at radius 3 is 2.86 bits per heavy atom. The van der Waals surface area contributed by atoms with Crippen molar-refractivity contribution in [1.82, 2.24) is 20.4 Å². The molecule has 0 saturated carbocycles. The maximum Gasteiger partial charge on any atom is 0.191 e. The van der Waals surface area contributed by atoms with Gasteiger partial charge in [0, 0.05) is 44.7 Å². The van der Waals surface area contributed by atoms with Gasteiger partial charge in [0.2, 0.25) is 0 Å². The van der Waals surface area contributed by atoms with Crippen LogP contribution in [0.25, 0.3) is 11.0 Å². The molecule has 0 radical (unpaired) electrons.